The Morgan fingerprint density at radius 1 is 1.39 bits per heavy atom. The Morgan fingerprint density at radius 3 is 2.67 bits per heavy atom. The molecule has 0 N–H and O–H groups in total. The van der Waals surface area contributed by atoms with Gasteiger partial charge in [-0.3, -0.25) is 4.57 Å². The highest BCUT2D eigenvalue weighted by atomic mass is 127. The van der Waals surface area contributed by atoms with Crippen LogP contribution < -0.4 is 0 Å². The zero-order valence-corrected chi connectivity index (χ0v) is 14.1. The van der Waals surface area contributed by atoms with Gasteiger partial charge in [-0.05, 0) is 65.4 Å². The van der Waals surface area contributed by atoms with Crippen LogP contribution >= 0.6 is 38.5 Å². The van der Waals surface area contributed by atoms with E-state index in [0.29, 0.717) is 0 Å². The van der Waals surface area contributed by atoms with Crippen molar-refractivity contribution in [1.82, 2.24) is 4.57 Å². The van der Waals surface area contributed by atoms with Crippen LogP contribution in [0.25, 0.3) is 10.9 Å². The molecule has 0 atom stereocenters. The lowest BCUT2D eigenvalue weighted by atomic mass is 10.2. The van der Waals surface area contributed by atoms with E-state index in [-0.39, 0.29) is 6.09 Å². The average molecular weight is 422 g/mol. The van der Waals surface area contributed by atoms with E-state index < -0.39 is 5.60 Å². The van der Waals surface area contributed by atoms with E-state index in [2.05, 4.69) is 38.5 Å². The number of rotatable bonds is 0. The van der Waals surface area contributed by atoms with Crippen LogP contribution in [0.1, 0.15) is 20.8 Å². The number of carbonyl (C=O) groups excluding carboxylic acids is 1. The highest BCUT2D eigenvalue weighted by molar-refractivity contribution is 14.1. The van der Waals surface area contributed by atoms with Crippen LogP contribution in [0.2, 0.25) is 0 Å². The van der Waals surface area contributed by atoms with E-state index >= 15 is 0 Å². The molecule has 3 nitrogen and oxygen atoms in total. The van der Waals surface area contributed by atoms with Gasteiger partial charge in [0.25, 0.3) is 0 Å². The van der Waals surface area contributed by atoms with Gasteiger partial charge in [0.1, 0.15) is 5.60 Å². The summed E-state index contributed by atoms with van der Waals surface area (Å²) < 4.78 is 8.85. The summed E-state index contributed by atoms with van der Waals surface area (Å²) >= 11 is 5.69. The first-order valence-corrected chi connectivity index (χ1v) is 7.35. The maximum Gasteiger partial charge on any atom is 0.419 e. The van der Waals surface area contributed by atoms with Crippen LogP contribution in [0.4, 0.5) is 4.79 Å². The number of para-hydroxylation sites is 1. The number of carbonyl (C=O) groups is 1. The Morgan fingerprint density at radius 2 is 2.06 bits per heavy atom. The monoisotopic (exact) mass is 421 g/mol. The Labute approximate surface area is 128 Å². The predicted octanol–water partition coefficient (Wildman–Crippen LogP) is 4.79. The van der Waals surface area contributed by atoms with Gasteiger partial charge in [0.05, 0.1) is 5.52 Å². The molecule has 0 aliphatic carbocycles. The summed E-state index contributed by atoms with van der Waals surface area (Å²) in [5.41, 5.74) is 0.344. The summed E-state index contributed by atoms with van der Waals surface area (Å²) in [6.45, 7) is 5.57. The Hall–Kier alpha value is -0.560. The van der Waals surface area contributed by atoms with Crippen LogP contribution in [0.3, 0.4) is 0 Å². The summed E-state index contributed by atoms with van der Waals surface area (Å²) in [6.07, 6.45) is 1.44. The first-order chi connectivity index (χ1) is 8.29. The molecule has 2 rings (SSSR count). The van der Waals surface area contributed by atoms with Gasteiger partial charge in [-0.1, -0.05) is 12.1 Å². The Balaban J connectivity index is 2.55. The average Bonchev–Trinajstić information content (AvgIpc) is 2.56. The predicted molar refractivity (Wildman–Crippen MR) is 84.0 cm³/mol. The minimum absolute atomic E-state index is 0.359. The minimum atomic E-state index is -0.500. The molecule has 1 heterocycles. The van der Waals surface area contributed by atoms with Crippen LogP contribution in [0.5, 0.6) is 0 Å². The lowest BCUT2D eigenvalue weighted by molar-refractivity contribution is 0.0544. The molecule has 0 aliphatic heterocycles. The number of fused-ring (bicyclic) bond motifs is 1. The van der Waals surface area contributed by atoms with E-state index in [9.17, 15) is 4.79 Å². The number of nitrogens with zero attached hydrogens (tertiary/aromatic N) is 1. The SMILES string of the molecule is CC(C)(C)OC(=O)n1cc(I)c2cccc(Br)c21. The van der Waals surface area contributed by atoms with Crippen molar-refractivity contribution in [3.63, 3.8) is 0 Å². The summed E-state index contributed by atoms with van der Waals surface area (Å²) in [5, 5.41) is 1.04. The topological polar surface area (TPSA) is 31.2 Å². The molecule has 0 aliphatic rings. The number of hydrogen-bond donors (Lipinski definition) is 0. The molecule has 2 aromatic rings. The number of benzene rings is 1. The fourth-order valence-electron chi connectivity index (χ4n) is 1.66. The molecule has 0 saturated carbocycles. The van der Waals surface area contributed by atoms with Gasteiger partial charge in [-0.2, -0.15) is 0 Å². The fourth-order valence-corrected chi connectivity index (χ4v) is 2.93. The van der Waals surface area contributed by atoms with Crippen molar-refractivity contribution in [2.24, 2.45) is 0 Å². The van der Waals surface area contributed by atoms with Gasteiger partial charge in [0.2, 0.25) is 0 Å². The molecule has 5 heteroatoms. The molecule has 18 heavy (non-hydrogen) atoms. The van der Waals surface area contributed by atoms with Crippen LogP contribution in [0, 0.1) is 3.57 Å². The second kappa shape index (κ2) is 4.85. The van der Waals surface area contributed by atoms with Crippen LogP contribution in [0.15, 0.2) is 28.9 Å². The second-order valence-corrected chi connectivity index (χ2v) is 6.98. The molecule has 0 spiro atoms. The van der Waals surface area contributed by atoms with Crippen molar-refractivity contribution >= 4 is 55.5 Å². The van der Waals surface area contributed by atoms with E-state index in [1.807, 2.05) is 39.0 Å². The molecule has 1 aromatic heterocycles. The van der Waals surface area contributed by atoms with Crippen molar-refractivity contribution in [3.05, 3.63) is 32.4 Å². The maximum absolute atomic E-state index is 12.2. The van der Waals surface area contributed by atoms with Gasteiger partial charge < -0.3 is 4.74 Å². The third-order valence-corrected chi connectivity index (χ3v) is 3.82. The molecule has 1 aromatic carbocycles. The van der Waals surface area contributed by atoms with E-state index in [1.54, 1.807) is 10.8 Å². The molecule has 0 radical (unpaired) electrons. The lowest BCUT2D eigenvalue weighted by Gasteiger charge is -2.19. The van der Waals surface area contributed by atoms with E-state index in [4.69, 9.17) is 4.74 Å². The first-order valence-electron chi connectivity index (χ1n) is 5.48. The largest absolute Gasteiger partial charge is 0.443 e. The molecule has 0 unspecified atom stereocenters. The van der Waals surface area contributed by atoms with Crippen molar-refractivity contribution in [2.75, 3.05) is 0 Å². The number of halogens is 2. The number of ether oxygens (including phenoxy) is 1. The maximum atomic E-state index is 12.2. The van der Waals surface area contributed by atoms with Gasteiger partial charge >= 0.3 is 6.09 Å². The Kier molecular flexibility index (Phi) is 3.73. The number of aromatic nitrogens is 1. The van der Waals surface area contributed by atoms with E-state index in [0.717, 1.165) is 18.9 Å². The number of hydrogen-bond acceptors (Lipinski definition) is 2. The first kappa shape index (κ1) is 13.9. The summed E-state index contributed by atoms with van der Waals surface area (Å²) in [7, 11) is 0. The summed E-state index contributed by atoms with van der Waals surface area (Å²) in [6, 6.07) is 5.86. The second-order valence-electron chi connectivity index (χ2n) is 4.96. The molecular formula is C13H13BrINO2. The van der Waals surface area contributed by atoms with Crippen LogP contribution in [-0.4, -0.2) is 16.3 Å². The summed E-state index contributed by atoms with van der Waals surface area (Å²) in [5.74, 6) is 0. The summed E-state index contributed by atoms with van der Waals surface area (Å²) in [4.78, 5) is 12.2. The quantitative estimate of drug-likeness (QED) is 0.572. The van der Waals surface area contributed by atoms with Crippen molar-refractivity contribution in [1.29, 1.82) is 0 Å². The van der Waals surface area contributed by atoms with Crippen LogP contribution in [-0.2, 0) is 4.74 Å². The molecule has 0 bridgehead atoms. The van der Waals surface area contributed by atoms with Gasteiger partial charge in [0, 0.05) is 19.6 Å². The molecule has 0 fully saturated rings. The van der Waals surface area contributed by atoms with Gasteiger partial charge in [-0.15, -0.1) is 0 Å². The minimum Gasteiger partial charge on any atom is -0.443 e. The van der Waals surface area contributed by atoms with Crippen molar-refractivity contribution < 1.29 is 9.53 Å². The van der Waals surface area contributed by atoms with Gasteiger partial charge in [-0.25, -0.2) is 4.79 Å². The Bertz CT molecular complexity index is 613. The standard InChI is InChI=1S/C13H13BrINO2/c1-13(2,3)18-12(17)16-7-10(15)8-5-4-6-9(14)11(8)16/h4-7H,1-3H3. The highest BCUT2D eigenvalue weighted by Crippen LogP contribution is 2.29. The molecule has 0 amide bonds. The molecule has 0 saturated heterocycles. The molecule has 96 valence electrons. The third kappa shape index (κ3) is 2.71. The third-order valence-electron chi connectivity index (χ3n) is 2.32. The zero-order valence-electron chi connectivity index (χ0n) is 10.3. The van der Waals surface area contributed by atoms with Crippen molar-refractivity contribution in [3.8, 4) is 0 Å². The highest BCUT2D eigenvalue weighted by Gasteiger charge is 2.21. The molecular weight excluding hydrogens is 409 g/mol. The lowest BCUT2D eigenvalue weighted by Crippen LogP contribution is -2.26. The smallest absolute Gasteiger partial charge is 0.419 e. The zero-order chi connectivity index (χ0) is 13.5. The van der Waals surface area contributed by atoms with Gasteiger partial charge in [0.15, 0.2) is 0 Å². The van der Waals surface area contributed by atoms with E-state index in [1.165, 1.54) is 0 Å². The van der Waals surface area contributed by atoms with Crippen molar-refractivity contribution in [2.45, 2.75) is 26.4 Å². The fraction of sp³-hybridized carbons (Fsp3) is 0.308. The normalized spacial score (nSPS) is 11.8.